The summed E-state index contributed by atoms with van der Waals surface area (Å²) in [6, 6.07) is 14.3. The van der Waals surface area contributed by atoms with E-state index in [0.717, 1.165) is 21.8 Å². The van der Waals surface area contributed by atoms with Crippen molar-refractivity contribution in [2.45, 2.75) is 29.1 Å². The summed E-state index contributed by atoms with van der Waals surface area (Å²) in [4.78, 5) is 26.9. The number of nitrogens with zero attached hydrogens (tertiary/aromatic N) is 1. The fourth-order valence-corrected chi connectivity index (χ4v) is 5.57. The molecule has 0 saturated carbocycles. The third kappa shape index (κ3) is 2.98. The summed E-state index contributed by atoms with van der Waals surface area (Å²) in [5.41, 5.74) is 0.616. The summed E-state index contributed by atoms with van der Waals surface area (Å²) in [6.45, 7) is 3.95. The number of hydrogen-bond donors (Lipinski definition) is 1. The first-order chi connectivity index (χ1) is 14.7. The van der Waals surface area contributed by atoms with Crippen molar-refractivity contribution < 1.29 is 9.52 Å². The molecule has 1 aliphatic rings. The molecule has 156 valence electrons. The van der Waals surface area contributed by atoms with E-state index in [2.05, 4.69) is 15.9 Å². The van der Waals surface area contributed by atoms with E-state index < -0.39 is 16.6 Å². The van der Waals surface area contributed by atoms with Crippen LogP contribution in [0.1, 0.15) is 25.1 Å². The van der Waals surface area contributed by atoms with E-state index in [1.807, 2.05) is 38.1 Å². The molecule has 2 aromatic heterocycles. The van der Waals surface area contributed by atoms with Crippen LogP contribution in [0, 0.1) is 0 Å². The van der Waals surface area contributed by atoms with Crippen LogP contribution in [0.5, 0.6) is 5.75 Å². The number of pyridine rings is 1. The molecule has 0 spiro atoms. The Labute approximate surface area is 194 Å². The smallest absolute Gasteiger partial charge is 0.354 e. The van der Waals surface area contributed by atoms with Gasteiger partial charge in [-0.3, -0.25) is 9.36 Å². The Balaban J connectivity index is 1.81. The van der Waals surface area contributed by atoms with E-state index in [9.17, 15) is 14.7 Å². The van der Waals surface area contributed by atoms with Crippen LogP contribution in [-0.2, 0) is 5.41 Å². The first-order valence-electron chi connectivity index (χ1n) is 9.39. The van der Waals surface area contributed by atoms with Crippen molar-refractivity contribution in [3.8, 4) is 11.4 Å². The maximum absolute atomic E-state index is 13.5. The van der Waals surface area contributed by atoms with Gasteiger partial charge in [-0.05, 0) is 51.8 Å². The van der Waals surface area contributed by atoms with Gasteiger partial charge in [0.2, 0.25) is 0 Å². The van der Waals surface area contributed by atoms with Crippen molar-refractivity contribution in [1.82, 2.24) is 4.57 Å². The van der Waals surface area contributed by atoms with Crippen LogP contribution in [0.2, 0.25) is 5.02 Å². The van der Waals surface area contributed by atoms with Gasteiger partial charge in [0, 0.05) is 31.6 Å². The predicted octanol–water partition coefficient (Wildman–Crippen LogP) is 5.86. The van der Waals surface area contributed by atoms with Gasteiger partial charge >= 0.3 is 5.63 Å². The number of benzene rings is 2. The molecule has 0 unspecified atom stereocenters. The van der Waals surface area contributed by atoms with Crippen LogP contribution in [-0.4, -0.2) is 9.67 Å². The standard InChI is InChI=1S/C23H15BrClNO4S/c1-23(2)12-9-11(25)7-8-14(12)26-17(23)10-15-18(21(26)28)19(27)20(22(29)30-15)31-16-6-4-3-5-13(16)24/h3-10,27H,1-2H3. The van der Waals surface area contributed by atoms with Crippen LogP contribution < -0.4 is 11.2 Å². The van der Waals surface area contributed by atoms with Gasteiger partial charge in [-0.2, -0.15) is 0 Å². The van der Waals surface area contributed by atoms with Crippen LogP contribution in [0.25, 0.3) is 16.7 Å². The topological polar surface area (TPSA) is 72.4 Å². The number of halogens is 2. The lowest BCUT2D eigenvalue weighted by atomic mass is 9.83. The first-order valence-corrected chi connectivity index (χ1v) is 11.4. The summed E-state index contributed by atoms with van der Waals surface area (Å²) in [6.07, 6.45) is 0. The summed E-state index contributed by atoms with van der Waals surface area (Å²) < 4.78 is 7.83. The van der Waals surface area contributed by atoms with Gasteiger partial charge < -0.3 is 9.52 Å². The molecule has 1 N–H and O–H groups in total. The molecule has 3 heterocycles. The minimum atomic E-state index is -0.702. The third-order valence-corrected chi connectivity index (χ3v) is 7.90. The minimum absolute atomic E-state index is 0.0310. The van der Waals surface area contributed by atoms with Gasteiger partial charge in [-0.25, -0.2) is 4.79 Å². The molecule has 0 fully saturated rings. The minimum Gasteiger partial charge on any atom is -0.505 e. The average molecular weight is 517 g/mol. The van der Waals surface area contributed by atoms with Crippen molar-refractivity contribution in [1.29, 1.82) is 0 Å². The van der Waals surface area contributed by atoms with E-state index in [-0.39, 0.29) is 21.6 Å². The highest BCUT2D eigenvalue weighted by Crippen LogP contribution is 2.45. The summed E-state index contributed by atoms with van der Waals surface area (Å²) in [7, 11) is 0. The van der Waals surface area contributed by atoms with Crippen molar-refractivity contribution in [2.75, 3.05) is 0 Å². The highest BCUT2D eigenvalue weighted by Gasteiger charge is 2.38. The Morgan fingerprint density at radius 2 is 1.87 bits per heavy atom. The lowest BCUT2D eigenvalue weighted by molar-refractivity contribution is 0.445. The van der Waals surface area contributed by atoms with Crippen LogP contribution in [0.3, 0.4) is 0 Å². The maximum atomic E-state index is 13.5. The predicted molar refractivity (Wildman–Crippen MR) is 125 cm³/mol. The SMILES string of the molecule is CC1(C)c2cc(Cl)ccc2-n2c1cc1oc(=O)c(Sc3ccccc3Br)c(O)c1c2=O. The highest BCUT2D eigenvalue weighted by molar-refractivity contribution is 9.10. The number of aromatic nitrogens is 1. The van der Waals surface area contributed by atoms with Gasteiger partial charge in [-0.1, -0.05) is 49.3 Å². The molecule has 0 atom stereocenters. The lowest BCUT2D eigenvalue weighted by Gasteiger charge is -2.20. The van der Waals surface area contributed by atoms with E-state index in [0.29, 0.717) is 21.3 Å². The normalized spacial score (nSPS) is 13.9. The fraction of sp³-hybridized carbons (Fsp3) is 0.130. The molecule has 0 aliphatic carbocycles. The summed E-state index contributed by atoms with van der Waals surface area (Å²) in [5, 5.41) is 11.5. The Bertz CT molecular complexity index is 1520. The van der Waals surface area contributed by atoms with Crippen LogP contribution >= 0.6 is 39.3 Å². The molecule has 0 saturated heterocycles. The van der Waals surface area contributed by atoms with Gasteiger partial charge in [-0.15, -0.1) is 0 Å². The second kappa shape index (κ2) is 7.02. The Hall–Kier alpha value is -2.48. The molecular weight excluding hydrogens is 502 g/mol. The molecule has 2 aromatic carbocycles. The van der Waals surface area contributed by atoms with Gasteiger partial charge in [0.1, 0.15) is 15.9 Å². The number of fused-ring (bicyclic) bond motifs is 4. The van der Waals surface area contributed by atoms with E-state index in [1.165, 1.54) is 0 Å². The maximum Gasteiger partial charge on any atom is 0.354 e. The van der Waals surface area contributed by atoms with Crippen molar-refractivity contribution in [3.63, 3.8) is 0 Å². The molecule has 0 bridgehead atoms. The molecule has 1 aliphatic heterocycles. The van der Waals surface area contributed by atoms with E-state index in [1.54, 1.807) is 28.8 Å². The van der Waals surface area contributed by atoms with E-state index >= 15 is 0 Å². The average Bonchev–Trinajstić information content (AvgIpc) is 2.93. The molecule has 8 heteroatoms. The first kappa shape index (κ1) is 20.4. The van der Waals surface area contributed by atoms with Crippen molar-refractivity contribution in [2.24, 2.45) is 0 Å². The molecule has 0 radical (unpaired) electrons. The zero-order valence-corrected chi connectivity index (χ0v) is 19.6. The quantitative estimate of drug-likeness (QED) is 0.361. The van der Waals surface area contributed by atoms with E-state index in [4.69, 9.17) is 16.0 Å². The van der Waals surface area contributed by atoms with Crippen molar-refractivity contribution >= 4 is 50.3 Å². The van der Waals surface area contributed by atoms with Gasteiger partial charge in [0.15, 0.2) is 5.75 Å². The van der Waals surface area contributed by atoms with Crippen LogP contribution in [0.15, 0.2) is 76.8 Å². The van der Waals surface area contributed by atoms with Crippen molar-refractivity contribution in [3.05, 3.63) is 90.1 Å². The highest BCUT2D eigenvalue weighted by atomic mass is 79.9. The number of rotatable bonds is 2. The molecule has 31 heavy (non-hydrogen) atoms. The van der Waals surface area contributed by atoms with Gasteiger partial charge in [0.25, 0.3) is 5.56 Å². The largest absolute Gasteiger partial charge is 0.505 e. The Morgan fingerprint density at radius 1 is 1.13 bits per heavy atom. The monoisotopic (exact) mass is 515 g/mol. The van der Waals surface area contributed by atoms with Crippen LogP contribution in [0.4, 0.5) is 0 Å². The second-order valence-corrected chi connectivity index (χ2v) is 10.1. The molecule has 5 nitrogen and oxygen atoms in total. The lowest BCUT2D eigenvalue weighted by Crippen LogP contribution is -2.24. The summed E-state index contributed by atoms with van der Waals surface area (Å²) in [5.74, 6) is -0.382. The summed E-state index contributed by atoms with van der Waals surface area (Å²) >= 11 is 10.7. The second-order valence-electron chi connectivity index (χ2n) is 7.80. The molecule has 5 rings (SSSR count). The zero-order chi connectivity index (χ0) is 22.1. The number of hydrogen-bond acceptors (Lipinski definition) is 5. The number of aromatic hydroxyl groups is 1. The third-order valence-electron chi connectivity index (χ3n) is 5.57. The Kier molecular flexibility index (Phi) is 4.62. The Morgan fingerprint density at radius 3 is 2.61 bits per heavy atom. The zero-order valence-electron chi connectivity index (χ0n) is 16.4. The molecule has 4 aromatic rings. The molecule has 0 amide bonds. The van der Waals surface area contributed by atoms with Gasteiger partial charge in [0.05, 0.1) is 5.69 Å². The fourth-order valence-electron chi connectivity index (χ4n) is 4.01. The molecular formula is C23H15BrClNO4S.